The van der Waals surface area contributed by atoms with Gasteiger partial charge in [0.25, 0.3) is 0 Å². The van der Waals surface area contributed by atoms with Crippen LogP contribution in [0.4, 0.5) is 5.69 Å². The lowest BCUT2D eigenvalue weighted by Crippen LogP contribution is -2.43. The Morgan fingerprint density at radius 3 is 2.50 bits per heavy atom. The SMILES string of the molecule is Cc1ccc(C)c(N2CCC(=O)C2(C)C)c1. The van der Waals surface area contributed by atoms with Gasteiger partial charge in [0.15, 0.2) is 5.78 Å². The molecule has 16 heavy (non-hydrogen) atoms. The van der Waals surface area contributed by atoms with Gasteiger partial charge in [0, 0.05) is 18.7 Å². The van der Waals surface area contributed by atoms with Crippen LogP contribution >= 0.6 is 0 Å². The molecular formula is C14H19NO. The zero-order valence-electron chi connectivity index (χ0n) is 10.5. The summed E-state index contributed by atoms with van der Waals surface area (Å²) < 4.78 is 0. The van der Waals surface area contributed by atoms with Crippen LogP contribution < -0.4 is 4.90 Å². The topological polar surface area (TPSA) is 20.3 Å². The van der Waals surface area contributed by atoms with Gasteiger partial charge in [-0.15, -0.1) is 0 Å². The number of anilines is 1. The molecule has 0 amide bonds. The van der Waals surface area contributed by atoms with Crippen molar-refractivity contribution in [3.8, 4) is 0 Å². The second-order valence-electron chi connectivity index (χ2n) is 5.17. The van der Waals surface area contributed by atoms with Crippen molar-refractivity contribution in [3.05, 3.63) is 29.3 Å². The van der Waals surface area contributed by atoms with E-state index in [1.165, 1.54) is 16.8 Å². The number of benzene rings is 1. The minimum absolute atomic E-state index is 0.341. The van der Waals surface area contributed by atoms with E-state index < -0.39 is 0 Å². The van der Waals surface area contributed by atoms with Crippen LogP contribution in [0.5, 0.6) is 0 Å². The first-order valence-corrected chi connectivity index (χ1v) is 5.81. The fourth-order valence-corrected chi connectivity index (χ4v) is 2.38. The first-order valence-electron chi connectivity index (χ1n) is 5.81. The lowest BCUT2D eigenvalue weighted by atomic mass is 9.99. The molecular weight excluding hydrogens is 198 g/mol. The number of aryl methyl sites for hydroxylation is 2. The minimum atomic E-state index is -0.349. The van der Waals surface area contributed by atoms with Crippen LogP contribution in [0.3, 0.4) is 0 Å². The van der Waals surface area contributed by atoms with Gasteiger partial charge in [0.1, 0.15) is 0 Å². The van der Waals surface area contributed by atoms with Crippen LogP contribution in [0.2, 0.25) is 0 Å². The molecule has 86 valence electrons. The normalized spacial score (nSPS) is 19.2. The smallest absolute Gasteiger partial charge is 0.159 e. The predicted octanol–water partition coefficient (Wildman–Crippen LogP) is 2.86. The summed E-state index contributed by atoms with van der Waals surface area (Å²) in [5, 5.41) is 0. The van der Waals surface area contributed by atoms with Gasteiger partial charge in [-0.2, -0.15) is 0 Å². The molecule has 1 aliphatic heterocycles. The first kappa shape index (κ1) is 11.2. The number of nitrogens with zero attached hydrogens (tertiary/aromatic N) is 1. The molecule has 0 N–H and O–H groups in total. The standard InChI is InChI=1S/C14H19NO/c1-10-5-6-11(2)12(9-10)15-8-7-13(16)14(15,3)4/h5-6,9H,7-8H2,1-4H3. The molecule has 1 aromatic carbocycles. The third kappa shape index (κ3) is 1.62. The molecule has 1 fully saturated rings. The van der Waals surface area contributed by atoms with Crippen molar-refractivity contribution < 1.29 is 4.79 Å². The molecule has 0 spiro atoms. The number of carbonyl (C=O) groups excluding carboxylic acids is 1. The Morgan fingerprint density at radius 2 is 1.94 bits per heavy atom. The number of carbonyl (C=O) groups is 1. The first-order chi connectivity index (χ1) is 7.43. The van der Waals surface area contributed by atoms with E-state index in [0.29, 0.717) is 12.2 Å². The summed E-state index contributed by atoms with van der Waals surface area (Å²) in [6.45, 7) is 9.08. The summed E-state index contributed by atoms with van der Waals surface area (Å²) in [4.78, 5) is 14.1. The number of hydrogen-bond donors (Lipinski definition) is 0. The molecule has 2 nitrogen and oxygen atoms in total. The van der Waals surface area contributed by atoms with Crippen molar-refractivity contribution in [1.29, 1.82) is 0 Å². The van der Waals surface area contributed by atoms with Gasteiger partial charge in [-0.25, -0.2) is 0 Å². The third-order valence-electron chi connectivity index (χ3n) is 3.58. The largest absolute Gasteiger partial charge is 0.359 e. The van der Waals surface area contributed by atoms with E-state index in [2.05, 4.69) is 36.9 Å². The highest BCUT2D eigenvalue weighted by atomic mass is 16.1. The summed E-state index contributed by atoms with van der Waals surface area (Å²) in [7, 11) is 0. The Morgan fingerprint density at radius 1 is 1.25 bits per heavy atom. The average Bonchev–Trinajstić information content (AvgIpc) is 2.47. The Kier molecular flexibility index (Phi) is 2.53. The maximum atomic E-state index is 11.8. The average molecular weight is 217 g/mol. The second kappa shape index (κ2) is 3.62. The number of hydrogen-bond acceptors (Lipinski definition) is 2. The van der Waals surface area contributed by atoms with E-state index in [1.807, 2.05) is 13.8 Å². The van der Waals surface area contributed by atoms with Crippen molar-refractivity contribution in [1.82, 2.24) is 0 Å². The van der Waals surface area contributed by atoms with E-state index in [9.17, 15) is 4.79 Å². The van der Waals surface area contributed by atoms with Crippen molar-refractivity contribution in [2.75, 3.05) is 11.4 Å². The highest BCUT2D eigenvalue weighted by Gasteiger charge is 2.40. The fourth-order valence-electron chi connectivity index (χ4n) is 2.38. The van der Waals surface area contributed by atoms with Crippen molar-refractivity contribution >= 4 is 11.5 Å². The highest BCUT2D eigenvalue weighted by molar-refractivity contribution is 5.94. The lowest BCUT2D eigenvalue weighted by Gasteiger charge is -2.33. The number of ketones is 1. The van der Waals surface area contributed by atoms with Crippen molar-refractivity contribution in [3.63, 3.8) is 0 Å². The van der Waals surface area contributed by atoms with Crippen LogP contribution in [0, 0.1) is 13.8 Å². The Balaban J connectivity index is 2.45. The summed E-state index contributed by atoms with van der Waals surface area (Å²) in [6, 6.07) is 6.42. The van der Waals surface area contributed by atoms with Crippen LogP contribution in [-0.2, 0) is 4.79 Å². The molecule has 0 bridgehead atoms. The monoisotopic (exact) mass is 217 g/mol. The van der Waals surface area contributed by atoms with Gasteiger partial charge in [0.2, 0.25) is 0 Å². The Bertz CT molecular complexity index is 434. The Labute approximate surface area is 97.3 Å². The van der Waals surface area contributed by atoms with Gasteiger partial charge in [-0.05, 0) is 44.9 Å². The quantitative estimate of drug-likeness (QED) is 0.721. The third-order valence-corrected chi connectivity index (χ3v) is 3.58. The summed E-state index contributed by atoms with van der Waals surface area (Å²) in [5.74, 6) is 0.341. The van der Waals surface area contributed by atoms with Gasteiger partial charge in [0.05, 0.1) is 5.54 Å². The lowest BCUT2D eigenvalue weighted by molar-refractivity contribution is -0.120. The van der Waals surface area contributed by atoms with Gasteiger partial charge < -0.3 is 4.90 Å². The van der Waals surface area contributed by atoms with Crippen LogP contribution in [-0.4, -0.2) is 17.9 Å². The number of rotatable bonds is 1. The maximum Gasteiger partial charge on any atom is 0.159 e. The Hall–Kier alpha value is -1.31. The van der Waals surface area contributed by atoms with Crippen LogP contribution in [0.25, 0.3) is 0 Å². The summed E-state index contributed by atoms with van der Waals surface area (Å²) in [5.41, 5.74) is 3.35. The molecule has 1 heterocycles. The van der Waals surface area contributed by atoms with Crippen molar-refractivity contribution in [2.45, 2.75) is 39.7 Å². The van der Waals surface area contributed by atoms with Crippen LogP contribution in [0.1, 0.15) is 31.4 Å². The molecule has 0 unspecified atom stereocenters. The summed E-state index contributed by atoms with van der Waals surface area (Å²) >= 11 is 0. The molecule has 1 saturated heterocycles. The zero-order chi connectivity index (χ0) is 11.9. The molecule has 1 aliphatic rings. The van der Waals surface area contributed by atoms with E-state index in [-0.39, 0.29) is 5.54 Å². The maximum absolute atomic E-state index is 11.8. The molecule has 0 aliphatic carbocycles. The molecule has 1 aromatic rings. The highest BCUT2D eigenvalue weighted by Crippen LogP contribution is 2.33. The molecule has 0 atom stereocenters. The van der Waals surface area contributed by atoms with Crippen molar-refractivity contribution in [2.24, 2.45) is 0 Å². The zero-order valence-corrected chi connectivity index (χ0v) is 10.5. The molecule has 2 rings (SSSR count). The van der Waals surface area contributed by atoms with Gasteiger partial charge in [-0.3, -0.25) is 4.79 Å². The van der Waals surface area contributed by atoms with Gasteiger partial charge in [-0.1, -0.05) is 12.1 Å². The van der Waals surface area contributed by atoms with Crippen LogP contribution in [0.15, 0.2) is 18.2 Å². The molecule has 0 radical (unpaired) electrons. The van der Waals surface area contributed by atoms with E-state index in [4.69, 9.17) is 0 Å². The predicted molar refractivity (Wildman–Crippen MR) is 67.0 cm³/mol. The van der Waals surface area contributed by atoms with E-state index in [0.717, 1.165) is 6.54 Å². The second-order valence-corrected chi connectivity index (χ2v) is 5.17. The van der Waals surface area contributed by atoms with E-state index >= 15 is 0 Å². The molecule has 2 heteroatoms. The number of Topliss-reactive ketones (excluding diaryl/α,β-unsaturated/α-hetero) is 1. The molecule has 0 saturated carbocycles. The fraction of sp³-hybridized carbons (Fsp3) is 0.500. The van der Waals surface area contributed by atoms with Gasteiger partial charge >= 0.3 is 0 Å². The minimum Gasteiger partial charge on any atom is -0.359 e. The summed E-state index contributed by atoms with van der Waals surface area (Å²) in [6.07, 6.45) is 0.667. The molecule has 0 aromatic heterocycles. The van der Waals surface area contributed by atoms with E-state index in [1.54, 1.807) is 0 Å².